The summed E-state index contributed by atoms with van der Waals surface area (Å²) in [6.07, 6.45) is 0.781. The lowest BCUT2D eigenvalue weighted by Gasteiger charge is -2.49. The number of aromatic nitrogens is 1. The Kier molecular flexibility index (Phi) is 9.49. The second-order valence-corrected chi connectivity index (χ2v) is 12.1. The highest BCUT2D eigenvalue weighted by Gasteiger charge is 2.54. The Balaban J connectivity index is 1.48. The number of fused-ring (bicyclic) bond motifs is 1. The Hall–Kier alpha value is -4.95. The molecule has 4 rings (SSSR count). The Bertz CT molecular complexity index is 1610. The molecule has 18 nitrogen and oxygen atoms in total. The van der Waals surface area contributed by atoms with Gasteiger partial charge in [-0.25, -0.2) is 14.6 Å². The predicted octanol–water partition coefficient (Wildman–Crippen LogP) is -1.02. The van der Waals surface area contributed by atoms with Gasteiger partial charge in [0.15, 0.2) is 16.6 Å². The molecule has 0 radical (unpaired) electrons. The molecular weight excluding hydrogens is 638 g/mol. The lowest BCUT2D eigenvalue weighted by atomic mass is 9.99. The number of ketones is 1. The molecule has 0 spiro atoms. The molecule has 45 heavy (non-hydrogen) atoms. The third kappa shape index (κ3) is 6.76. The summed E-state index contributed by atoms with van der Waals surface area (Å²) in [6.45, 7) is 2.13. The number of allylic oxidation sites excluding steroid dienone is 2. The number of aliphatic hydroxyl groups excluding tert-OH is 1. The minimum absolute atomic E-state index is 0.0194. The standard InChI is InChI=1S/C25H27N7O11S2/c1-25(2,23(40)41)43-31-14(12-8-45-24(26)28-12)19(36)29-15-20(37)32-16(22(38)39)10(7-44-21(15)32)6-27-18(35)9-4-11(30-42-3)17(34)13(33)5-9/h5,8,15,21,30,34H,4,6-7H2,1-3H3,(H2,26,28)(H,27,35)(H,29,36)(H,38,39)(H,40,41)/b31-14-/t15?,21-/m0/s1. The molecule has 0 aromatic carbocycles. The number of hydroxylamine groups is 1. The first kappa shape index (κ1) is 33.0. The SMILES string of the molecule is CONC1=C(O)C(=O)C=C(C(=O)NCC2=C(C(=O)O)N3C(=O)C(NC(=O)/C(=N\OC(C)(C)C(=O)O)c4csc(N)n4)[C@@H]3SC2)C1. The van der Waals surface area contributed by atoms with Crippen molar-refractivity contribution < 1.29 is 53.8 Å². The molecule has 8 N–H and O–H groups in total. The maximum absolute atomic E-state index is 13.2. The molecular formula is C25H27N7O11S2. The van der Waals surface area contributed by atoms with E-state index in [0.717, 1.165) is 34.1 Å². The second-order valence-electron chi connectivity index (χ2n) is 10.1. The quantitative estimate of drug-likeness (QED) is 0.0800. The first-order valence-corrected chi connectivity index (χ1v) is 14.7. The van der Waals surface area contributed by atoms with Crippen LogP contribution in [-0.2, 0) is 38.4 Å². The maximum atomic E-state index is 13.2. The van der Waals surface area contributed by atoms with Crippen LogP contribution in [-0.4, -0.2) is 103 Å². The summed E-state index contributed by atoms with van der Waals surface area (Å²) in [4.78, 5) is 89.6. The van der Waals surface area contributed by atoms with E-state index in [2.05, 4.69) is 26.3 Å². The summed E-state index contributed by atoms with van der Waals surface area (Å²) in [5.41, 5.74) is 5.45. The van der Waals surface area contributed by atoms with Gasteiger partial charge in [-0.15, -0.1) is 23.1 Å². The van der Waals surface area contributed by atoms with Crippen molar-refractivity contribution in [2.24, 2.45) is 5.16 Å². The number of thiazole rings is 1. The summed E-state index contributed by atoms with van der Waals surface area (Å²) in [7, 11) is 1.25. The fraction of sp³-hybridized carbons (Fsp3) is 0.360. The van der Waals surface area contributed by atoms with Crippen molar-refractivity contribution in [2.75, 3.05) is 25.1 Å². The maximum Gasteiger partial charge on any atom is 0.352 e. The van der Waals surface area contributed by atoms with E-state index >= 15 is 0 Å². The van der Waals surface area contributed by atoms with Crippen molar-refractivity contribution in [2.45, 2.75) is 37.3 Å². The number of aliphatic carboxylic acids is 2. The minimum atomic E-state index is -1.81. The molecule has 1 aromatic rings. The van der Waals surface area contributed by atoms with Crippen LogP contribution in [0.25, 0.3) is 0 Å². The highest BCUT2D eigenvalue weighted by Crippen LogP contribution is 2.40. The summed E-state index contributed by atoms with van der Waals surface area (Å²) in [6, 6.07) is -1.19. The lowest BCUT2D eigenvalue weighted by Crippen LogP contribution is -2.71. The zero-order chi connectivity index (χ0) is 33.2. The molecule has 2 atom stereocenters. The van der Waals surface area contributed by atoms with Crippen LogP contribution in [0, 0.1) is 0 Å². The monoisotopic (exact) mass is 665 g/mol. The van der Waals surface area contributed by atoms with Gasteiger partial charge in [-0.1, -0.05) is 5.16 Å². The van der Waals surface area contributed by atoms with E-state index in [-0.39, 0.29) is 52.1 Å². The number of carboxylic acids is 2. The number of nitrogens with zero attached hydrogens (tertiary/aromatic N) is 3. The van der Waals surface area contributed by atoms with Crippen LogP contribution >= 0.6 is 23.1 Å². The number of nitrogen functional groups attached to an aromatic ring is 1. The minimum Gasteiger partial charge on any atom is -0.503 e. The average Bonchev–Trinajstić information content (AvgIpc) is 3.41. The summed E-state index contributed by atoms with van der Waals surface area (Å²) in [5.74, 6) is -6.61. The van der Waals surface area contributed by atoms with Crippen LogP contribution in [0.5, 0.6) is 0 Å². The number of carbonyl (C=O) groups is 6. The van der Waals surface area contributed by atoms with Crippen molar-refractivity contribution >= 4 is 69.4 Å². The average molecular weight is 666 g/mol. The molecule has 2 aliphatic heterocycles. The number of carboxylic acid groups (broad SMARTS) is 2. The van der Waals surface area contributed by atoms with Crippen LogP contribution in [0.15, 0.2) is 44.9 Å². The van der Waals surface area contributed by atoms with Crippen LogP contribution in [0.1, 0.15) is 26.0 Å². The molecule has 240 valence electrons. The highest BCUT2D eigenvalue weighted by atomic mass is 32.2. The smallest absolute Gasteiger partial charge is 0.352 e. The van der Waals surface area contributed by atoms with E-state index in [9.17, 15) is 44.1 Å². The fourth-order valence-electron chi connectivity index (χ4n) is 4.18. The number of amides is 3. The molecule has 3 heterocycles. The van der Waals surface area contributed by atoms with E-state index in [4.69, 9.17) is 15.4 Å². The van der Waals surface area contributed by atoms with Crippen molar-refractivity contribution in [3.63, 3.8) is 0 Å². The predicted molar refractivity (Wildman–Crippen MR) is 156 cm³/mol. The van der Waals surface area contributed by atoms with Gasteiger partial charge in [0.2, 0.25) is 17.3 Å². The van der Waals surface area contributed by atoms with Crippen LogP contribution < -0.4 is 21.8 Å². The fourth-order valence-corrected chi connectivity index (χ4v) is 6.08. The van der Waals surface area contributed by atoms with Gasteiger partial charge >= 0.3 is 11.9 Å². The van der Waals surface area contributed by atoms with Crippen LogP contribution in [0.2, 0.25) is 0 Å². The number of nitrogens with two attached hydrogens (primary N) is 1. The van der Waals surface area contributed by atoms with Gasteiger partial charge in [-0.2, -0.15) is 0 Å². The highest BCUT2D eigenvalue weighted by molar-refractivity contribution is 8.00. The van der Waals surface area contributed by atoms with E-state index < -0.39 is 63.9 Å². The second kappa shape index (κ2) is 13.0. The van der Waals surface area contributed by atoms with E-state index in [1.807, 2.05) is 0 Å². The molecule has 1 saturated heterocycles. The van der Waals surface area contributed by atoms with Crippen LogP contribution in [0.3, 0.4) is 0 Å². The molecule has 0 bridgehead atoms. The Morgan fingerprint density at radius 1 is 1.24 bits per heavy atom. The normalized spacial score (nSPS) is 20.2. The number of thioether (sulfide) groups is 1. The molecule has 1 unspecified atom stereocenters. The van der Waals surface area contributed by atoms with Gasteiger partial charge in [0.25, 0.3) is 11.8 Å². The van der Waals surface area contributed by atoms with E-state index in [1.165, 1.54) is 26.3 Å². The number of hydrogen-bond donors (Lipinski definition) is 7. The molecule has 1 aromatic heterocycles. The van der Waals surface area contributed by atoms with Crippen molar-refractivity contribution in [1.82, 2.24) is 26.0 Å². The topological polar surface area (TPSA) is 272 Å². The van der Waals surface area contributed by atoms with Gasteiger partial charge in [-0.3, -0.25) is 34.4 Å². The zero-order valence-electron chi connectivity index (χ0n) is 23.8. The Morgan fingerprint density at radius 3 is 2.56 bits per heavy atom. The molecule has 20 heteroatoms. The van der Waals surface area contributed by atoms with Crippen LogP contribution in [0.4, 0.5) is 5.13 Å². The number of oxime groups is 1. The molecule has 1 aliphatic carbocycles. The van der Waals surface area contributed by atoms with Gasteiger partial charge in [0.1, 0.15) is 22.8 Å². The van der Waals surface area contributed by atoms with Crippen molar-refractivity contribution in [3.05, 3.63) is 45.4 Å². The zero-order valence-corrected chi connectivity index (χ0v) is 25.4. The van der Waals surface area contributed by atoms with Gasteiger partial charge < -0.3 is 36.5 Å². The van der Waals surface area contributed by atoms with Crippen molar-refractivity contribution in [3.8, 4) is 0 Å². The number of carbonyl (C=O) groups excluding carboxylic acids is 4. The summed E-state index contributed by atoms with van der Waals surface area (Å²) >= 11 is 2.10. The van der Waals surface area contributed by atoms with Gasteiger partial charge in [0.05, 0.1) is 12.8 Å². The molecule has 3 amide bonds. The largest absolute Gasteiger partial charge is 0.503 e. The van der Waals surface area contributed by atoms with E-state index in [1.54, 1.807) is 0 Å². The number of hydrogen-bond acceptors (Lipinski definition) is 15. The number of aliphatic hydroxyl groups is 1. The third-order valence-electron chi connectivity index (χ3n) is 6.57. The number of anilines is 1. The number of rotatable bonds is 12. The van der Waals surface area contributed by atoms with Gasteiger partial charge in [-0.05, 0) is 25.5 Å². The molecule has 1 fully saturated rings. The Morgan fingerprint density at radius 2 is 1.96 bits per heavy atom. The number of β-lactam (4-membered cyclic amide) rings is 1. The van der Waals surface area contributed by atoms with Crippen molar-refractivity contribution in [1.29, 1.82) is 0 Å². The van der Waals surface area contributed by atoms with Gasteiger partial charge in [0, 0.05) is 29.7 Å². The lowest BCUT2D eigenvalue weighted by molar-refractivity contribution is -0.161. The molecule has 0 saturated carbocycles. The first-order chi connectivity index (χ1) is 21.2. The first-order valence-electron chi connectivity index (χ1n) is 12.8. The third-order valence-corrected chi connectivity index (χ3v) is 8.58. The summed E-state index contributed by atoms with van der Waals surface area (Å²) in [5, 5.41) is 38.4. The Labute approximate surface area is 261 Å². The number of nitrogens with one attached hydrogen (secondary N) is 3. The summed E-state index contributed by atoms with van der Waals surface area (Å²) < 4.78 is 0. The van der Waals surface area contributed by atoms with E-state index in [0.29, 0.717) is 0 Å². The molecule has 3 aliphatic rings.